The molecule has 0 unspecified atom stereocenters. The van der Waals surface area contributed by atoms with Crippen molar-refractivity contribution in [2.45, 2.75) is 19.5 Å². The van der Waals surface area contributed by atoms with Gasteiger partial charge in [0.25, 0.3) is 0 Å². The fourth-order valence-electron chi connectivity index (χ4n) is 3.33. The molecule has 3 aromatic rings. The first kappa shape index (κ1) is 17.5. The Morgan fingerprint density at radius 3 is 1.00 bits per heavy atom. The van der Waals surface area contributed by atoms with Crippen molar-refractivity contribution in [1.29, 1.82) is 0 Å². The van der Waals surface area contributed by atoms with Gasteiger partial charge in [0.2, 0.25) is 0 Å². The van der Waals surface area contributed by atoms with E-state index in [-0.39, 0.29) is 8.41 Å². The van der Waals surface area contributed by atoms with Gasteiger partial charge in [-0.15, -0.1) is 0 Å². The second-order valence-electron chi connectivity index (χ2n) is 5.82. The van der Waals surface area contributed by atoms with E-state index in [1.165, 1.54) is 15.9 Å². The largest absolute Gasteiger partial charge is 1.00 e. The molecular formula is C21H22BP. The normalized spacial score (nSPS) is 11.1. The van der Waals surface area contributed by atoms with Crippen molar-refractivity contribution in [2.24, 2.45) is 0 Å². The van der Waals surface area contributed by atoms with Gasteiger partial charge in [0.05, 0.1) is 5.66 Å². The molecule has 0 bridgehead atoms. The number of hydrogen-bond acceptors (Lipinski definition) is 0. The van der Waals surface area contributed by atoms with Gasteiger partial charge >= 0.3 is 0 Å². The van der Waals surface area contributed by atoms with Crippen molar-refractivity contribution in [3.63, 3.8) is 0 Å². The van der Waals surface area contributed by atoms with Crippen LogP contribution in [-0.2, 0) is 0 Å². The first-order valence-corrected chi connectivity index (χ1v) is 9.67. The zero-order valence-corrected chi connectivity index (χ0v) is 14.7. The molecule has 0 aliphatic heterocycles. The van der Waals surface area contributed by atoms with Crippen LogP contribution in [0, 0.1) is 0 Å². The molecule has 0 fully saturated rings. The molecule has 0 heterocycles. The van der Waals surface area contributed by atoms with E-state index >= 15 is 0 Å². The van der Waals surface area contributed by atoms with Gasteiger partial charge in [0, 0.05) is 0 Å². The zero-order valence-electron chi connectivity index (χ0n) is 13.8. The van der Waals surface area contributed by atoms with Gasteiger partial charge < -0.3 is 8.41 Å². The Morgan fingerprint density at radius 2 is 0.783 bits per heavy atom. The molecule has 0 aromatic heterocycles. The van der Waals surface area contributed by atoms with Crippen LogP contribution in [0.3, 0.4) is 0 Å². The smallest absolute Gasteiger partial charge is 0.114 e. The third kappa shape index (κ3) is 3.12. The Balaban J connectivity index is 0.00000192. The summed E-state index contributed by atoms with van der Waals surface area (Å²) in [5, 5.41) is 4.38. The van der Waals surface area contributed by atoms with Crippen LogP contribution in [0.5, 0.6) is 0 Å². The summed E-state index contributed by atoms with van der Waals surface area (Å²) in [6.45, 7) is 4.72. The lowest BCUT2D eigenvalue weighted by Gasteiger charge is -2.31. The van der Waals surface area contributed by atoms with Crippen molar-refractivity contribution in [3.05, 3.63) is 91.0 Å². The molecule has 0 N–H and O–H groups in total. The van der Waals surface area contributed by atoms with E-state index in [1.807, 2.05) is 0 Å². The predicted octanol–water partition coefficient (Wildman–Crippen LogP) is 4.01. The molecule has 0 atom stereocenters. The van der Waals surface area contributed by atoms with Crippen LogP contribution < -0.4 is 15.9 Å². The van der Waals surface area contributed by atoms with Crippen LogP contribution in [0.4, 0.5) is 0 Å². The second kappa shape index (κ2) is 7.62. The van der Waals surface area contributed by atoms with Gasteiger partial charge in [-0.1, -0.05) is 54.6 Å². The molecule has 114 valence electrons. The minimum Gasteiger partial charge on any atom is -1.00 e. The topological polar surface area (TPSA) is 0 Å². The standard InChI is InChI=1S/C21H22P.B/c1-18(2)22(19-12-6-3-7-13-19,20-14-8-4-9-15-20)21-16-10-5-11-17-21;/h3-18H,1-2H3;/q+1;-1. The molecule has 0 saturated heterocycles. The van der Waals surface area contributed by atoms with Crippen molar-refractivity contribution in [1.82, 2.24) is 0 Å². The van der Waals surface area contributed by atoms with Gasteiger partial charge in [0.15, 0.2) is 0 Å². The van der Waals surface area contributed by atoms with Crippen molar-refractivity contribution in [3.8, 4) is 0 Å². The van der Waals surface area contributed by atoms with E-state index in [0.717, 1.165) is 0 Å². The molecule has 0 amide bonds. The average Bonchev–Trinajstić information content (AvgIpc) is 2.58. The van der Waals surface area contributed by atoms with E-state index in [2.05, 4.69) is 105 Å². The third-order valence-corrected chi connectivity index (χ3v) is 9.15. The summed E-state index contributed by atoms with van der Waals surface area (Å²) in [6.07, 6.45) is 0. The summed E-state index contributed by atoms with van der Waals surface area (Å²) in [4.78, 5) is 0. The van der Waals surface area contributed by atoms with Crippen molar-refractivity contribution >= 4 is 31.6 Å². The van der Waals surface area contributed by atoms with Gasteiger partial charge in [-0.25, -0.2) is 0 Å². The Kier molecular flexibility index (Phi) is 5.80. The maximum atomic E-state index is 2.36. The molecule has 0 aliphatic carbocycles. The predicted molar refractivity (Wildman–Crippen MR) is 106 cm³/mol. The molecule has 0 aliphatic rings. The molecular weight excluding hydrogens is 294 g/mol. The summed E-state index contributed by atoms with van der Waals surface area (Å²) in [6, 6.07) is 33.1. The Bertz CT molecular complexity index is 612. The van der Waals surface area contributed by atoms with E-state index in [9.17, 15) is 0 Å². The SMILES string of the molecule is CC(C)[P+](c1ccccc1)(c1ccccc1)c1ccccc1.[B-]. The fourth-order valence-corrected chi connectivity index (χ4v) is 7.94. The highest BCUT2D eigenvalue weighted by atomic mass is 31.2. The van der Waals surface area contributed by atoms with Gasteiger partial charge in [-0.05, 0) is 50.2 Å². The fraction of sp³-hybridized carbons (Fsp3) is 0.143. The average molecular weight is 316 g/mol. The lowest BCUT2D eigenvalue weighted by atomic mass is 10.3. The maximum Gasteiger partial charge on any atom is 0.114 e. The molecule has 4 radical (unpaired) electrons. The molecule has 0 saturated carbocycles. The Hall–Kier alpha value is -1.85. The summed E-state index contributed by atoms with van der Waals surface area (Å²) < 4.78 is 0. The van der Waals surface area contributed by atoms with Crippen molar-refractivity contribution < 1.29 is 0 Å². The molecule has 3 rings (SSSR count). The number of benzene rings is 3. The van der Waals surface area contributed by atoms with Crippen molar-refractivity contribution in [2.75, 3.05) is 0 Å². The zero-order chi connectivity index (χ0) is 15.4. The van der Waals surface area contributed by atoms with Gasteiger partial charge in [-0.2, -0.15) is 0 Å². The van der Waals surface area contributed by atoms with Crippen LogP contribution in [-0.4, -0.2) is 14.1 Å². The van der Waals surface area contributed by atoms with Gasteiger partial charge in [0.1, 0.15) is 23.2 Å². The monoisotopic (exact) mass is 316 g/mol. The maximum absolute atomic E-state index is 2.36. The molecule has 23 heavy (non-hydrogen) atoms. The van der Waals surface area contributed by atoms with Crippen LogP contribution in [0.25, 0.3) is 0 Å². The van der Waals surface area contributed by atoms with Crippen LogP contribution in [0.2, 0.25) is 0 Å². The number of rotatable bonds is 4. The lowest BCUT2D eigenvalue weighted by molar-refractivity contribution is 1.09. The highest BCUT2D eigenvalue weighted by Gasteiger charge is 2.48. The highest BCUT2D eigenvalue weighted by molar-refractivity contribution is 7.96. The van der Waals surface area contributed by atoms with E-state index in [1.54, 1.807) is 0 Å². The lowest BCUT2D eigenvalue weighted by Crippen LogP contribution is -2.36. The van der Waals surface area contributed by atoms with E-state index in [4.69, 9.17) is 0 Å². The summed E-state index contributed by atoms with van der Waals surface area (Å²) in [5.74, 6) is 0. The quantitative estimate of drug-likeness (QED) is 0.504. The van der Waals surface area contributed by atoms with Crippen LogP contribution in [0.15, 0.2) is 91.0 Å². The second-order valence-corrected chi connectivity index (χ2v) is 9.85. The Morgan fingerprint density at radius 1 is 0.522 bits per heavy atom. The minimum absolute atomic E-state index is 0. The Labute approximate surface area is 142 Å². The van der Waals surface area contributed by atoms with E-state index in [0.29, 0.717) is 5.66 Å². The molecule has 3 aromatic carbocycles. The molecule has 2 heteroatoms. The third-order valence-electron chi connectivity index (χ3n) is 4.26. The first-order valence-electron chi connectivity index (χ1n) is 7.82. The van der Waals surface area contributed by atoms with E-state index < -0.39 is 7.26 Å². The first-order chi connectivity index (χ1) is 10.8. The highest BCUT2D eigenvalue weighted by Crippen LogP contribution is 2.59. The van der Waals surface area contributed by atoms with Gasteiger partial charge in [-0.3, -0.25) is 0 Å². The molecule has 0 spiro atoms. The molecule has 0 nitrogen and oxygen atoms in total. The number of hydrogen-bond donors (Lipinski definition) is 0. The summed E-state index contributed by atoms with van der Waals surface area (Å²) in [5.41, 5.74) is 0.555. The summed E-state index contributed by atoms with van der Waals surface area (Å²) in [7, 11) is -1.63. The summed E-state index contributed by atoms with van der Waals surface area (Å²) >= 11 is 0. The minimum atomic E-state index is -1.63. The van der Waals surface area contributed by atoms with Crippen LogP contribution >= 0.6 is 7.26 Å². The van der Waals surface area contributed by atoms with Crippen LogP contribution in [0.1, 0.15) is 13.8 Å².